The molecule has 2 aromatic rings. The Morgan fingerprint density at radius 3 is 1.56 bits per heavy atom. The number of Topliss-reactive ketones (excluding diaryl/α,β-unsaturated/α-hetero) is 1. The molecule has 2 amide bonds. The fourth-order valence-electron chi connectivity index (χ4n) is 5.18. The first-order valence-electron chi connectivity index (χ1n) is 10.3. The van der Waals surface area contributed by atoms with E-state index in [1.807, 2.05) is 0 Å². The molecule has 1 aliphatic carbocycles. The van der Waals surface area contributed by atoms with Crippen LogP contribution in [0.3, 0.4) is 0 Å². The molecule has 9 heteroatoms. The minimum atomic E-state index is -0.517. The third-order valence-electron chi connectivity index (χ3n) is 6.67. The average molecular weight is 475 g/mol. The van der Waals surface area contributed by atoms with Gasteiger partial charge in [0.25, 0.3) is 0 Å². The number of amides is 2. The number of benzene rings is 2. The molecule has 0 bridgehead atoms. The van der Waals surface area contributed by atoms with Crippen LogP contribution in [0.2, 0.25) is 10.0 Å². The van der Waals surface area contributed by atoms with Gasteiger partial charge in [0, 0.05) is 47.1 Å². The summed E-state index contributed by atoms with van der Waals surface area (Å²) >= 11 is 12.4. The van der Waals surface area contributed by atoms with Gasteiger partial charge in [0.1, 0.15) is 17.3 Å². The second kappa shape index (κ2) is 7.67. The van der Waals surface area contributed by atoms with Crippen LogP contribution in [-0.4, -0.2) is 41.9 Å². The Labute approximate surface area is 194 Å². The molecule has 3 aliphatic rings. The minimum absolute atomic E-state index is 0.0139. The van der Waals surface area contributed by atoms with Gasteiger partial charge in [-0.15, -0.1) is 0 Å². The molecule has 0 spiro atoms. The van der Waals surface area contributed by atoms with E-state index in [0.29, 0.717) is 45.5 Å². The van der Waals surface area contributed by atoms with Gasteiger partial charge in [0.05, 0.1) is 12.1 Å². The molecule has 1 saturated carbocycles. The monoisotopic (exact) mass is 474 g/mol. The van der Waals surface area contributed by atoms with Gasteiger partial charge in [-0.1, -0.05) is 23.2 Å². The van der Waals surface area contributed by atoms with Gasteiger partial charge >= 0.3 is 12.2 Å². The number of fused-ring (bicyclic) bond motifs is 2. The molecule has 1 fully saturated rings. The number of carbonyl (C=O) groups excluding carboxylic acids is 3. The number of rotatable bonds is 2. The zero-order chi connectivity index (χ0) is 22.7. The molecule has 0 aromatic heterocycles. The Bertz CT molecular complexity index is 1070. The van der Waals surface area contributed by atoms with Crippen molar-refractivity contribution in [3.63, 3.8) is 0 Å². The molecule has 2 aromatic carbocycles. The maximum absolute atomic E-state index is 13.8. The van der Waals surface area contributed by atoms with Crippen molar-refractivity contribution in [3.8, 4) is 11.5 Å². The smallest absolute Gasteiger partial charge is 0.410 e. The van der Waals surface area contributed by atoms with Crippen molar-refractivity contribution in [3.05, 3.63) is 57.6 Å². The zero-order valence-corrected chi connectivity index (χ0v) is 18.9. The highest BCUT2D eigenvalue weighted by molar-refractivity contribution is 6.31. The average Bonchev–Trinajstić information content (AvgIpc) is 3.11. The molecule has 3 unspecified atom stereocenters. The van der Waals surface area contributed by atoms with E-state index in [1.54, 1.807) is 50.5 Å². The molecule has 4 atom stereocenters. The van der Waals surface area contributed by atoms with Crippen LogP contribution in [0.25, 0.3) is 0 Å². The van der Waals surface area contributed by atoms with E-state index in [2.05, 4.69) is 0 Å². The molecule has 0 N–H and O–H groups in total. The lowest BCUT2D eigenvalue weighted by Crippen LogP contribution is -2.45. The van der Waals surface area contributed by atoms with Crippen molar-refractivity contribution >= 4 is 41.2 Å². The SMILES string of the molecule is CN1C(=O)Oc2ccc(Cl)cc2C1C1CC[C@@H](C2c3cc(Cl)ccc3OC(=O)N2C)C1=O. The number of ether oxygens (including phenoxy) is 2. The quantitative estimate of drug-likeness (QED) is 0.593. The predicted molar refractivity (Wildman–Crippen MR) is 117 cm³/mol. The molecule has 7 nitrogen and oxygen atoms in total. The summed E-state index contributed by atoms with van der Waals surface area (Å²) in [5, 5.41) is 1.00. The fraction of sp³-hybridized carbons (Fsp3) is 0.348. The standard InChI is InChI=1S/C23H20Cl2N2O5/c1-26-19(15-9-11(24)3-7-17(15)31-22(26)29)13-5-6-14(21(13)28)20-16-10-12(25)4-8-18(16)32-23(30)27(20)2/h3-4,7-10,13-14,19-20H,5-6H2,1-2H3/t13-,14?,19?,20?/m0/s1. The topological polar surface area (TPSA) is 76.2 Å². The molecule has 0 radical (unpaired) electrons. The number of nitrogens with zero attached hydrogens (tertiary/aromatic N) is 2. The van der Waals surface area contributed by atoms with Crippen molar-refractivity contribution < 1.29 is 23.9 Å². The first-order valence-corrected chi connectivity index (χ1v) is 11.0. The molecule has 5 rings (SSSR count). The number of hydrogen-bond acceptors (Lipinski definition) is 5. The highest BCUT2D eigenvalue weighted by atomic mass is 35.5. The summed E-state index contributed by atoms with van der Waals surface area (Å²) in [7, 11) is 3.24. The van der Waals surface area contributed by atoms with E-state index >= 15 is 0 Å². The van der Waals surface area contributed by atoms with Gasteiger partial charge in [0.2, 0.25) is 0 Å². The minimum Gasteiger partial charge on any atom is -0.410 e. The van der Waals surface area contributed by atoms with Crippen molar-refractivity contribution in [1.82, 2.24) is 9.80 Å². The van der Waals surface area contributed by atoms with Gasteiger partial charge in [-0.25, -0.2) is 9.59 Å². The van der Waals surface area contributed by atoms with Crippen LogP contribution in [-0.2, 0) is 4.79 Å². The largest absolute Gasteiger partial charge is 0.415 e. The third kappa shape index (κ3) is 3.22. The summed E-state index contributed by atoms with van der Waals surface area (Å²) in [6, 6.07) is 9.08. The Hall–Kier alpha value is -2.77. The number of ketones is 1. The van der Waals surface area contributed by atoms with Crippen molar-refractivity contribution in [2.24, 2.45) is 11.8 Å². The number of halogens is 2. The summed E-state index contributed by atoms with van der Waals surface area (Å²) in [4.78, 5) is 41.6. The molecular weight excluding hydrogens is 455 g/mol. The fourth-order valence-corrected chi connectivity index (χ4v) is 5.54. The van der Waals surface area contributed by atoms with Crippen molar-refractivity contribution in [1.29, 1.82) is 0 Å². The van der Waals surface area contributed by atoms with E-state index in [0.717, 1.165) is 0 Å². The summed E-state index contributed by atoms with van der Waals surface area (Å²) in [6.07, 6.45) is 0.0909. The van der Waals surface area contributed by atoms with Gasteiger partial charge in [-0.05, 0) is 49.2 Å². The Balaban J connectivity index is 1.53. The Kier molecular flexibility index (Phi) is 5.06. The predicted octanol–water partition coefficient (Wildman–Crippen LogP) is 5.26. The van der Waals surface area contributed by atoms with Crippen LogP contribution < -0.4 is 9.47 Å². The lowest BCUT2D eigenvalue weighted by atomic mass is 9.84. The lowest BCUT2D eigenvalue weighted by molar-refractivity contribution is -0.127. The van der Waals surface area contributed by atoms with Crippen LogP contribution in [0.1, 0.15) is 36.1 Å². The highest BCUT2D eigenvalue weighted by Gasteiger charge is 2.50. The third-order valence-corrected chi connectivity index (χ3v) is 7.14. The second-order valence-corrected chi connectivity index (χ2v) is 9.28. The van der Waals surface area contributed by atoms with Crippen LogP contribution in [0, 0.1) is 11.8 Å². The number of carbonyl (C=O) groups is 3. The van der Waals surface area contributed by atoms with E-state index in [1.165, 1.54) is 9.80 Å². The molecule has 2 heterocycles. The van der Waals surface area contributed by atoms with Gasteiger partial charge in [-0.2, -0.15) is 0 Å². The zero-order valence-electron chi connectivity index (χ0n) is 17.4. The first kappa shape index (κ1) is 21.1. The van der Waals surface area contributed by atoms with Gasteiger partial charge < -0.3 is 19.3 Å². The van der Waals surface area contributed by atoms with E-state index in [-0.39, 0.29) is 5.78 Å². The second-order valence-electron chi connectivity index (χ2n) is 8.40. The maximum Gasteiger partial charge on any atom is 0.415 e. The first-order chi connectivity index (χ1) is 15.3. The molecule has 166 valence electrons. The summed E-state index contributed by atoms with van der Waals surface area (Å²) in [5.74, 6) is -0.100. The summed E-state index contributed by atoms with van der Waals surface area (Å²) in [5.41, 5.74) is 1.41. The van der Waals surface area contributed by atoms with Crippen molar-refractivity contribution in [2.45, 2.75) is 24.9 Å². The van der Waals surface area contributed by atoms with E-state index in [4.69, 9.17) is 32.7 Å². The van der Waals surface area contributed by atoms with E-state index in [9.17, 15) is 14.4 Å². The Morgan fingerprint density at radius 1 is 0.750 bits per heavy atom. The van der Waals surface area contributed by atoms with Crippen LogP contribution >= 0.6 is 23.2 Å². The lowest BCUT2D eigenvalue weighted by Gasteiger charge is -2.38. The Morgan fingerprint density at radius 2 is 1.16 bits per heavy atom. The molecular formula is C23H20Cl2N2O5. The van der Waals surface area contributed by atoms with Gasteiger partial charge in [0.15, 0.2) is 0 Å². The summed E-state index contributed by atoms with van der Waals surface area (Å²) in [6.45, 7) is 0. The van der Waals surface area contributed by atoms with Crippen molar-refractivity contribution in [2.75, 3.05) is 14.1 Å². The maximum atomic E-state index is 13.8. The highest BCUT2D eigenvalue weighted by Crippen LogP contribution is 2.50. The molecule has 32 heavy (non-hydrogen) atoms. The molecule has 0 saturated heterocycles. The number of hydrogen-bond donors (Lipinski definition) is 0. The van der Waals surface area contributed by atoms with E-state index < -0.39 is 36.1 Å². The normalized spacial score (nSPS) is 27.1. The van der Waals surface area contributed by atoms with Crippen LogP contribution in [0.5, 0.6) is 11.5 Å². The van der Waals surface area contributed by atoms with Crippen LogP contribution in [0.4, 0.5) is 9.59 Å². The summed E-state index contributed by atoms with van der Waals surface area (Å²) < 4.78 is 10.8. The van der Waals surface area contributed by atoms with Gasteiger partial charge in [-0.3, -0.25) is 4.79 Å². The van der Waals surface area contributed by atoms with Crippen LogP contribution in [0.15, 0.2) is 36.4 Å². The molecule has 2 aliphatic heterocycles.